The molecule has 0 aliphatic carbocycles. The first-order valence-corrected chi connectivity index (χ1v) is 10.2. The Morgan fingerprint density at radius 1 is 1.08 bits per heavy atom. The molecule has 2 aromatic rings. The number of carbonyl (C=O) groups excluding carboxylic acids is 1. The van der Waals surface area contributed by atoms with Crippen LogP contribution >= 0.6 is 11.6 Å². The van der Waals surface area contributed by atoms with E-state index < -0.39 is 9.84 Å². The van der Waals surface area contributed by atoms with Crippen molar-refractivity contribution in [2.24, 2.45) is 0 Å². The van der Waals surface area contributed by atoms with Crippen molar-refractivity contribution in [3.05, 3.63) is 70.7 Å². The Labute approximate surface area is 152 Å². The minimum absolute atomic E-state index is 0.00201. The van der Waals surface area contributed by atoms with Crippen molar-refractivity contribution in [2.45, 2.75) is 12.5 Å². The molecule has 1 N–H and O–H groups in total. The highest BCUT2D eigenvalue weighted by Gasteiger charge is 2.29. The van der Waals surface area contributed by atoms with Gasteiger partial charge in [-0.15, -0.1) is 0 Å². The number of benzene rings is 2. The fourth-order valence-corrected chi connectivity index (χ4v) is 4.60. The van der Waals surface area contributed by atoms with Gasteiger partial charge in [0.25, 0.3) is 5.91 Å². The number of sulfone groups is 1. The Morgan fingerprint density at radius 2 is 1.76 bits per heavy atom. The number of rotatable bonds is 4. The highest BCUT2D eigenvalue weighted by atomic mass is 35.5. The summed E-state index contributed by atoms with van der Waals surface area (Å²) >= 11 is 5.94. The Morgan fingerprint density at radius 3 is 2.36 bits per heavy atom. The summed E-state index contributed by atoms with van der Waals surface area (Å²) in [4.78, 5) is 12.8. The summed E-state index contributed by atoms with van der Waals surface area (Å²) in [6, 6.07) is 16.2. The Balaban J connectivity index is 1.89. The van der Waals surface area contributed by atoms with Crippen molar-refractivity contribution in [3.8, 4) is 0 Å². The predicted molar refractivity (Wildman–Crippen MR) is 101 cm³/mol. The summed E-state index contributed by atoms with van der Waals surface area (Å²) in [5.74, 6) is -0.164. The van der Waals surface area contributed by atoms with Gasteiger partial charge in [0.05, 0.1) is 11.5 Å². The van der Waals surface area contributed by atoms with E-state index in [1.165, 1.54) is 0 Å². The van der Waals surface area contributed by atoms with Gasteiger partial charge in [-0.1, -0.05) is 54.1 Å². The third-order valence-electron chi connectivity index (χ3n) is 4.08. The summed E-state index contributed by atoms with van der Waals surface area (Å²) in [5, 5.41) is 3.44. The molecule has 3 rings (SSSR count). The molecule has 0 bridgehead atoms. The third kappa shape index (κ3) is 4.71. The second kappa shape index (κ2) is 7.42. The molecule has 1 saturated heterocycles. The monoisotopic (exact) mass is 375 g/mol. The third-order valence-corrected chi connectivity index (χ3v) is 6.10. The molecule has 0 saturated carbocycles. The van der Waals surface area contributed by atoms with Crippen molar-refractivity contribution in [1.82, 2.24) is 5.32 Å². The Bertz CT molecular complexity index is 890. The summed E-state index contributed by atoms with van der Waals surface area (Å²) in [7, 11) is -3.05. The lowest BCUT2D eigenvalue weighted by Crippen LogP contribution is -2.36. The van der Waals surface area contributed by atoms with E-state index in [1.807, 2.05) is 30.3 Å². The second-order valence-corrected chi connectivity index (χ2v) is 8.71. The van der Waals surface area contributed by atoms with E-state index in [-0.39, 0.29) is 23.5 Å². The minimum atomic E-state index is -3.05. The van der Waals surface area contributed by atoms with Crippen LogP contribution in [0.2, 0.25) is 5.02 Å². The number of hydrogen-bond donors (Lipinski definition) is 1. The normalized spacial score (nSPS) is 19.6. The topological polar surface area (TPSA) is 63.2 Å². The van der Waals surface area contributed by atoms with Crippen LogP contribution in [0.15, 0.2) is 54.6 Å². The van der Waals surface area contributed by atoms with E-state index in [0.717, 1.165) is 11.1 Å². The maximum Gasteiger partial charge on any atom is 0.252 e. The molecule has 1 aliphatic rings. The molecule has 1 amide bonds. The van der Waals surface area contributed by atoms with Crippen LogP contribution in [0.25, 0.3) is 11.6 Å². The summed E-state index contributed by atoms with van der Waals surface area (Å²) in [6.07, 6.45) is 2.25. The molecule has 1 unspecified atom stereocenters. The average Bonchev–Trinajstić information content (AvgIpc) is 2.93. The largest absolute Gasteiger partial charge is 0.348 e. The fraction of sp³-hybridized carbons (Fsp3) is 0.211. The van der Waals surface area contributed by atoms with Crippen molar-refractivity contribution in [2.75, 3.05) is 11.5 Å². The van der Waals surface area contributed by atoms with Gasteiger partial charge in [0.1, 0.15) is 0 Å². The molecular formula is C19H18ClNO3S. The number of carbonyl (C=O) groups is 1. The molecule has 1 atom stereocenters. The molecule has 0 spiro atoms. The first kappa shape index (κ1) is 17.7. The van der Waals surface area contributed by atoms with Gasteiger partial charge in [-0.05, 0) is 35.8 Å². The molecule has 1 heterocycles. The first-order chi connectivity index (χ1) is 11.9. The summed E-state index contributed by atoms with van der Waals surface area (Å²) in [6.45, 7) is 0. The van der Waals surface area contributed by atoms with Gasteiger partial charge in [-0.25, -0.2) is 8.42 Å². The van der Waals surface area contributed by atoms with E-state index in [1.54, 1.807) is 30.3 Å². The van der Waals surface area contributed by atoms with Crippen LogP contribution in [0, 0.1) is 0 Å². The lowest BCUT2D eigenvalue weighted by molar-refractivity contribution is -0.116. The molecule has 1 aliphatic heterocycles. The van der Waals surface area contributed by atoms with Gasteiger partial charge >= 0.3 is 0 Å². The quantitative estimate of drug-likeness (QED) is 0.659. The average molecular weight is 376 g/mol. The molecule has 6 heteroatoms. The Kier molecular flexibility index (Phi) is 5.25. The number of halogens is 1. The van der Waals surface area contributed by atoms with Crippen LogP contribution in [0.4, 0.5) is 0 Å². The molecule has 4 nitrogen and oxygen atoms in total. The fourth-order valence-electron chi connectivity index (χ4n) is 2.80. The standard InChI is InChI=1S/C19H18ClNO3S/c20-16-8-6-15(7-9-16)18(12-14-4-2-1-3-5-14)19(22)21-17-10-11-25(23,24)13-17/h1-9,12,17H,10-11,13H2,(H,21,22). The number of nitrogens with one attached hydrogen (secondary N) is 1. The molecule has 0 aromatic heterocycles. The summed E-state index contributed by atoms with van der Waals surface area (Å²) in [5.41, 5.74) is 2.10. The summed E-state index contributed by atoms with van der Waals surface area (Å²) < 4.78 is 23.2. The maximum absolute atomic E-state index is 12.8. The Hall–Kier alpha value is -2.11. The second-order valence-electron chi connectivity index (χ2n) is 6.05. The van der Waals surface area contributed by atoms with E-state index >= 15 is 0 Å². The lowest BCUT2D eigenvalue weighted by Gasteiger charge is -2.14. The van der Waals surface area contributed by atoms with E-state index in [0.29, 0.717) is 17.0 Å². The van der Waals surface area contributed by atoms with E-state index in [2.05, 4.69) is 5.32 Å². The van der Waals surface area contributed by atoms with Crippen LogP contribution in [-0.2, 0) is 14.6 Å². The molecule has 2 aromatic carbocycles. The van der Waals surface area contributed by atoms with Crippen molar-refractivity contribution >= 4 is 39.0 Å². The molecule has 25 heavy (non-hydrogen) atoms. The number of amides is 1. The highest BCUT2D eigenvalue weighted by molar-refractivity contribution is 7.91. The molecule has 1 fully saturated rings. The van der Waals surface area contributed by atoms with Crippen LogP contribution in [-0.4, -0.2) is 31.9 Å². The van der Waals surface area contributed by atoms with E-state index in [9.17, 15) is 13.2 Å². The van der Waals surface area contributed by atoms with Crippen molar-refractivity contribution in [1.29, 1.82) is 0 Å². The van der Waals surface area contributed by atoms with Crippen LogP contribution in [0.3, 0.4) is 0 Å². The first-order valence-electron chi connectivity index (χ1n) is 7.97. The van der Waals surface area contributed by atoms with Crippen molar-refractivity contribution in [3.63, 3.8) is 0 Å². The molecule has 0 radical (unpaired) electrons. The maximum atomic E-state index is 12.8. The predicted octanol–water partition coefficient (Wildman–Crippen LogP) is 3.18. The minimum Gasteiger partial charge on any atom is -0.348 e. The number of hydrogen-bond acceptors (Lipinski definition) is 3. The molecular weight excluding hydrogens is 358 g/mol. The zero-order valence-electron chi connectivity index (χ0n) is 13.5. The van der Waals surface area contributed by atoms with Gasteiger partial charge in [0.2, 0.25) is 0 Å². The van der Waals surface area contributed by atoms with Crippen LogP contribution in [0.1, 0.15) is 17.5 Å². The van der Waals surface area contributed by atoms with Gasteiger partial charge in [0, 0.05) is 16.6 Å². The van der Waals surface area contributed by atoms with Gasteiger partial charge < -0.3 is 5.32 Å². The SMILES string of the molecule is O=C(NC1CCS(=O)(=O)C1)C(=Cc1ccccc1)c1ccc(Cl)cc1. The lowest BCUT2D eigenvalue weighted by atomic mass is 10.0. The zero-order chi connectivity index (χ0) is 17.9. The zero-order valence-corrected chi connectivity index (χ0v) is 15.1. The van der Waals surface area contributed by atoms with Gasteiger partial charge in [-0.3, -0.25) is 4.79 Å². The molecule has 130 valence electrons. The van der Waals surface area contributed by atoms with Crippen molar-refractivity contribution < 1.29 is 13.2 Å². The highest BCUT2D eigenvalue weighted by Crippen LogP contribution is 2.22. The van der Waals surface area contributed by atoms with Gasteiger partial charge in [0.15, 0.2) is 9.84 Å². The van der Waals surface area contributed by atoms with Crippen LogP contribution < -0.4 is 5.32 Å². The van der Waals surface area contributed by atoms with Crippen LogP contribution in [0.5, 0.6) is 0 Å². The van der Waals surface area contributed by atoms with Gasteiger partial charge in [-0.2, -0.15) is 0 Å². The van der Waals surface area contributed by atoms with E-state index in [4.69, 9.17) is 11.6 Å². The smallest absolute Gasteiger partial charge is 0.252 e.